The van der Waals surface area contributed by atoms with Gasteiger partial charge in [-0.2, -0.15) is 0 Å². The Balaban J connectivity index is 0.000000362. The van der Waals surface area contributed by atoms with Gasteiger partial charge in [0.05, 0.1) is 6.61 Å². The minimum atomic E-state index is -1.26. The predicted octanol–water partition coefficient (Wildman–Crippen LogP) is 0.679. The third-order valence-electron chi connectivity index (χ3n) is 1.66. The van der Waals surface area contributed by atoms with Gasteiger partial charge < -0.3 is 20.7 Å². The molecule has 0 spiro atoms. The van der Waals surface area contributed by atoms with E-state index < -0.39 is 11.9 Å². The summed E-state index contributed by atoms with van der Waals surface area (Å²) in [4.78, 5) is 23.2. The standard InChI is InChI=1S/C7H12N2OS.C4H4O4/c1-2-4-10-6-3-5-11-7(8)9-6;5-3(6)1-2-4(7)8/h2,6H,1,3-5H2,(H2,8,9);1-2H,(H,5,6)(H,7,8)/b;2-1+. The lowest BCUT2D eigenvalue weighted by molar-refractivity contribution is -0.134. The summed E-state index contributed by atoms with van der Waals surface area (Å²) in [6.07, 6.45) is 3.73. The van der Waals surface area contributed by atoms with Crippen LogP contribution in [0.15, 0.2) is 29.8 Å². The lowest BCUT2D eigenvalue weighted by Gasteiger charge is -2.17. The number of ether oxygens (including phenoxy) is 1. The third kappa shape index (κ3) is 11.0. The Labute approximate surface area is 114 Å². The predicted molar refractivity (Wildman–Crippen MR) is 73.0 cm³/mol. The molecule has 106 valence electrons. The van der Waals surface area contributed by atoms with E-state index in [1.165, 1.54) is 0 Å². The number of carboxylic acids is 2. The zero-order chi connectivity index (χ0) is 14.7. The average molecular weight is 288 g/mol. The maximum absolute atomic E-state index is 9.55. The Morgan fingerprint density at radius 1 is 1.47 bits per heavy atom. The Hall–Kier alpha value is -1.80. The van der Waals surface area contributed by atoms with Crippen LogP contribution in [0.1, 0.15) is 6.42 Å². The number of carboxylic acid groups (broad SMARTS) is 2. The highest BCUT2D eigenvalue weighted by Crippen LogP contribution is 2.15. The number of nitrogens with zero attached hydrogens (tertiary/aromatic N) is 1. The Bertz CT molecular complexity index is 365. The molecule has 0 fully saturated rings. The smallest absolute Gasteiger partial charge is 0.328 e. The van der Waals surface area contributed by atoms with E-state index in [4.69, 9.17) is 20.7 Å². The van der Waals surface area contributed by atoms with E-state index in [9.17, 15) is 9.59 Å². The zero-order valence-corrected chi connectivity index (χ0v) is 11.0. The molecule has 0 bridgehead atoms. The van der Waals surface area contributed by atoms with Crippen LogP contribution in [0, 0.1) is 0 Å². The van der Waals surface area contributed by atoms with Crippen molar-refractivity contribution in [3.63, 3.8) is 0 Å². The van der Waals surface area contributed by atoms with Crippen LogP contribution in [-0.4, -0.2) is 45.9 Å². The molecule has 19 heavy (non-hydrogen) atoms. The van der Waals surface area contributed by atoms with Gasteiger partial charge in [-0.15, -0.1) is 6.58 Å². The molecule has 0 radical (unpaired) electrons. The minimum Gasteiger partial charge on any atom is -0.478 e. The molecule has 1 rings (SSSR count). The molecule has 0 amide bonds. The van der Waals surface area contributed by atoms with Crippen molar-refractivity contribution in [2.24, 2.45) is 10.7 Å². The van der Waals surface area contributed by atoms with Gasteiger partial charge in [0.2, 0.25) is 0 Å². The van der Waals surface area contributed by atoms with Gasteiger partial charge in [-0.05, 0) is 0 Å². The minimum absolute atomic E-state index is 0.0470. The summed E-state index contributed by atoms with van der Waals surface area (Å²) in [6.45, 7) is 4.10. The first kappa shape index (κ1) is 17.2. The van der Waals surface area contributed by atoms with Gasteiger partial charge in [0.1, 0.15) is 0 Å². The summed E-state index contributed by atoms with van der Waals surface area (Å²) >= 11 is 1.58. The van der Waals surface area contributed by atoms with Crippen LogP contribution in [0.5, 0.6) is 0 Å². The first-order valence-corrected chi connectivity index (χ1v) is 6.26. The summed E-state index contributed by atoms with van der Waals surface area (Å²) in [6, 6.07) is 0. The van der Waals surface area contributed by atoms with E-state index >= 15 is 0 Å². The van der Waals surface area contributed by atoms with Gasteiger partial charge >= 0.3 is 11.9 Å². The molecule has 0 saturated heterocycles. The highest BCUT2D eigenvalue weighted by atomic mass is 32.2. The number of hydrogen-bond donors (Lipinski definition) is 3. The monoisotopic (exact) mass is 288 g/mol. The summed E-state index contributed by atoms with van der Waals surface area (Å²) in [5.41, 5.74) is 5.50. The maximum atomic E-state index is 9.55. The molecule has 0 saturated carbocycles. The van der Waals surface area contributed by atoms with Crippen LogP contribution in [-0.2, 0) is 14.3 Å². The molecule has 0 aromatic carbocycles. The van der Waals surface area contributed by atoms with E-state index in [0.29, 0.717) is 23.9 Å². The lowest BCUT2D eigenvalue weighted by atomic mass is 10.4. The van der Waals surface area contributed by atoms with Crippen molar-refractivity contribution in [2.75, 3.05) is 12.4 Å². The molecule has 1 heterocycles. The van der Waals surface area contributed by atoms with Gasteiger partial charge in [0, 0.05) is 24.3 Å². The molecule has 1 atom stereocenters. The average Bonchev–Trinajstić information content (AvgIpc) is 2.35. The number of carbonyl (C=O) groups is 2. The Kier molecular flexibility index (Phi) is 9.19. The van der Waals surface area contributed by atoms with Crippen molar-refractivity contribution >= 4 is 28.9 Å². The number of thioether (sulfide) groups is 1. The number of hydrogen-bond acceptors (Lipinski definition) is 6. The summed E-state index contributed by atoms with van der Waals surface area (Å²) in [5, 5.41) is 16.3. The molecule has 0 aromatic heterocycles. The fraction of sp³-hybridized carbons (Fsp3) is 0.364. The third-order valence-corrected chi connectivity index (χ3v) is 2.50. The second-order valence-corrected chi connectivity index (χ2v) is 4.31. The maximum Gasteiger partial charge on any atom is 0.328 e. The second-order valence-electron chi connectivity index (χ2n) is 3.19. The lowest BCUT2D eigenvalue weighted by Crippen LogP contribution is -2.22. The van der Waals surface area contributed by atoms with Gasteiger partial charge in [0.15, 0.2) is 11.4 Å². The molecular formula is C11H16N2O5S. The van der Waals surface area contributed by atoms with E-state index in [-0.39, 0.29) is 6.23 Å². The molecule has 4 N–H and O–H groups in total. The van der Waals surface area contributed by atoms with Gasteiger partial charge in [0.25, 0.3) is 0 Å². The molecular weight excluding hydrogens is 272 g/mol. The number of nitrogens with two attached hydrogens (primary N) is 1. The van der Waals surface area contributed by atoms with Crippen molar-refractivity contribution in [2.45, 2.75) is 12.6 Å². The molecule has 1 unspecified atom stereocenters. The molecule has 7 nitrogen and oxygen atoms in total. The van der Waals surface area contributed by atoms with E-state index in [1.54, 1.807) is 17.8 Å². The topological polar surface area (TPSA) is 122 Å². The van der Waals surface area contributed by atoms with Crippen LogP contribution in [0.4, 0.5) is 0 Å². The number of amidine groups is 1. The zero-order valence-electron chi connectivity index (χ0n) is 10.2. The van der Waals surface area contributed by atoms with E-state index in [0.717, 1.165) is 12.2 Å². The van der Waals surface area contributed by atoms with Crippen LogP contribution >= 0.6 is 11.8 Å². The van der Waals surface area contributed by atoms with Crippen molar-refractivity contribution in [1.29, 1.82) is 0 Å². The molecule has 1 aliphatic rings. The van der Waals surface area contributed by atoms with Crippen LogP contribution in [0.25, 0.3) is 0 Å². The molecule has 0 aromatic rings. The Morgan fingerprint density at radius 3 is 2.47 bits per heavy atom. The molecule has 0 aliphatic carbocycles. The van der Waals surface area contributed by atoms with E-state index in [2.05, 4.69) is 11.6 Å². The van der Waals surface area contributed by atoms with Gasteiger partial charge in [-0.3, -0.25) is 0 Å². The summed E-state index contributed by atoms with van der Waals surface area (Å²) < 4.78 is 5.30. The largest absolute Gasteiger partial charge is 0.478 e. The quantitative estimate of drug-likeness (QED) is 0.502. The number of aliphatic carboxylic acids is 2. The highest BCUT2D eigenvalue weighted by Gasteiger charge is 2.12. The second kappa shape index (κ2) is 10.2. The SMILES string of the molecule is C=CCOC1CCSC(N)=N1.O=C(O)/C=C/C(=O)O. The molecule has 8 heteroatoms. The first-order chi connectivity index (χ1) is 8.95. The number of aliphatic imine (C=N–C) groups is 1. The summed E-state index contributed by atoms with van der Waals surface area (Å²) in [7, 11) is 0. The number of rotatable bonds is 5. The normalized spacial score (nSPS) is 18.1. The van der Waals surface area contributed by atoms with Crippen molar-refractivity contribution in [3.05, 3.63) is 24.8 Å². The Morgan fingerprint density at radius 2 is 2.05 bits per heavy atom. The van der Waals surface area contributed by atoms with E-state index in [1.807, 2.05) is 0 Å². The van der Waals surface area contributed by atoms with Crippen molar-refractivity contribution in [3.8, 4) is 0 Å². The van der Waals surface area contributed by atoms with Crippen LogP contribution < -0.4 is 5.73 Å². The summed E-state index contributed by atoms with van der Waals surface area (Å²) in [5.74, 6) is -1.52. The fourth-order valence-electron chi connectivity index (χ4n) is 0.950. The van der Waals surface area contributed by atoms with Crippen molar-refractivity contribution < 1.29 is 24.5 Å². The van der Waals surface area contributed by atoms with Crippen LogP contribution in [0.3, 0.4) is 0 Å². The highest BCUT2D eigenvalue weighted by molar-refractivity contribution is 8.13. The van der Waals surface area contributed by atoms with Crippen LogP contribution in [0.2, 0.25) is 0 Å². The molecule has 1 aliphatic heterocycles. The van der Waals surface area contributed by atoms with Gasteiger partial charge in [-0.1, -0.05) is 17.8 Å². The van der Waals surface area contributed by atoms with Gasteiger partial charge in [-0.25, -0.2) is 14.6 Å². The first-order valence-electron chi connectivity index (χ1n) is 5.28. The van der Waals surface area contributed by atoms with Crippen molar-refractivity contribution in [1.82, 2.24) is 0 Å². The fourth-order valence-corrected chi connectivity index (χ4v) is 1.67.